The average molecular weight is 519 g/mol. The van der Waals surface area contributed by atoms with Gasteiger partial charge < -0.3 is 42.1 Å². The molecule has 0 bridgehead atoms. The highest BCUT2D eigenvalue weighted by Gasteiger charge is 2.31. The molecule has 15 nitrogen and oxygen atoms in total. The van der Waals surface area contributed by atoms with E-state index in [1.54, 1.807) is 13.8 Å². The SMILES string of the molecule is CCC(C)C(N)C(=O)NC(CCC(=O)O)C(=O)NC(CCC(=O)O)C(=O)NC(CCC(=O)O)C(=O)O. The Labute approximate surface area is 206 Å². The Balaban J connectivity index is 5.68. The summed E-state index contributed by atoms with van der Waals surface area (Å²) in [6.07, 6.45) is -2.47. The van der Waals surface area contributed by atoms with Gasteiger partial charge in [0.25, 0.3) is 0 Å². The third-order valence-electron chi connectivity index (χ3n) is 5.38. The summed E-state index contributed by atoms with van der Waals surface area (Å²) in [5.74, 6) is -8.54. The lowest BCUT2D eigenvalue weighted by Crippen LogP contribution is -2.57. The van der Waals surface area contributed by atoms with Crippen molar-refractivity contribution in [1.29, 1.82) is 0 Å². The second kappa shape index (κ2) is 16.0. The van der Waals surface area contributed by atoms with E-state index in [1.807, 2.05) is 0 Å². The molecule has 0 saturated carbocycles. The van der Waals surface area contributed by atoms with Crippen LogP contribution >= 0.6 is 0 Å². The average Bonchev–Trinajstić information content (AvgIpc) is 2.79. The Morgan fingerprint density at radius 2 is 0.972 bits per heavy atom. The standard InChI is InChI=1S/C21H34N4O11/c1-3-10(2)17(22)20(34)24-12(5-8-15(28)29)18(32)23-11(4-7-14(26)27)19(33)25-13(21(35)36)6-9-16(30)31/h10-13,17H,3-9,22H2,1-2H3,(H,23,32)(H,24,34)(H,25,33)(H,26,27)(H,28,29)(H,30,31)(H,35,36). The van der Waals surface area contributed by atoms with Gasteiger partial charge in [-0.25, -0.2) is 4.79 Å². The molecular weight excluding hydrogens is 484 g/mol. The van der Waals surface area contributed by atoms with Crippen LogP contribution < -0.4 is 21.7 Å². The van der Waals surface area contributed by atoms with Crippen LogP contribution in [-0.4, -0.2) is 86.2 Å². The van der Waals surface area contributed by atoms with Gasteiger partial charge in [-0.2, -0.15) is 0 Å². The van der Waals surface area contributed by atoms with Gasteiger partial charge in [-0.1, -0.05) is 20.3 Å². The fraction of sp³-hybridized carbons (Fsp3) is 0.667. The molecule has 3 amide bonds. The van der Waals surface area contributed by atoms with E-state index >= 15 is 0 Å². The largest absolute Gasteiger partial charge is 0.481 e. The van der Waals surface area contributed by atoms with Crippen LogP contribution in [0.4, 0.5) is 0 Å². The molecule has 5 atom stereocenters. The molecule has 0 rings (SSSR count). The van der Waals surface area contributed by atoms with Crippen molar-refractivity contribution in [3.8, 4) is 0 Å². The van der Waals surface area contributed by atoms with Crippen LogP contribution in [0.5, 0.6) is 0 Å². The van der Waals surface area contributed by atoms with Crippen molar-refractivity contribution >= 4 is 41.6 Å². The molecule has 5 unspecified atom stereocenters. The van der Waals surface area contributed by atoms with Crippen molar-refractivity contribution in [3.63, 3.8) is 0 Å². The van der Waals surface area contributed by atoms with Crippen LogP contribution in [0.1, 0.15) is 58.8 Å². The Hall–Kier alpha value is -3.75. The van der Waals surface area contributed by atoms with E-state index in [1.165, 1.54) is 0 Å². The highest BCUT2D eigenvalue weighted by molar-refractivity contribution is 5.94. The molecule has 0 aromatic heterocycles. The van der Waals surface area contributed by atoms with Gasteiger partial charge in [0.1, 0.15) is 18.1 Å². The smallest absolute Gasteiger partial charge is 0.326 e. The van der Waals surface area contributed by atoms with Gasteiger partial charge in [-0.15, -0.1) is 0 Å². The monoisotopic (exact) mass is 518 g/mol. The number of carboxylic acid groups (broad SMARTS) is 4. The van der Waals surface area contributed by atoms with Crippen molar-refractivity contribution in [2.24, 2.45) is 11.7 Å². The normalized spacial score (nSPS) is 14.9. The van der Waals surface area contributed by atoms with Crippen molar-refractivity contribution in [1.82, 2.24) is 16.0 Å². The summed E-state index contributed by atoms with van der Waals surface area (Å²) in [6.45, 7) is 3.49. The fourth-order valence-corrected chi connectivity index (χ4v) is 2.92. The van der Waals surface area contributed by atoms with E-state index in [0.29, 0.717) is 6.42 Å². The maximum absolute atomic E-state index is 12.9. The molecular formula is C21H34N4O11. The summed E-state index contributed by atoms with van der Waals surface area (Å²) >= 11 is 0. The molecule has 15 heteroatoms. The van der Waals surface area contributed by atoms with Gasteiger partial charge in [0.2, 0.25) is 17.7 Å². The number of carbonyl (C=O) groups is 7. The molecule has 204 valence electrons. The van der Waals surface area contributed by atoms with Crippen molar-refractivity contribution in [2.45, 2.75) is 83.0 Å². The predicted octanol–water partition coefficient (Wildman–Crippen LogP) is -1.51. The molecule has 0 saturated heterocycles. The molecule has 9 N–H and O–H groups in total. The van der Waals surface area contributed by atoms with E-state index in [-0.39, 0.29) is 12.3 Å². The number of nitrogens with two attached hydrogens (primary N) is 1. The maximum Gasteiger partial charge on any atom is 0.326 e. The lowest BCUT2D eigenvalue weighted by molar-refractivity contribution is -0.144. The second-order valence-electron chi connectivity index (χ2n) is 8.23. The summed E-state index contributed by atoms with van der Waals surface area (Å²) in [5, 5.41) is 42.5. The summed E-state index contributed by atoms with van der Waals surface area (Å²) < 4.78 is 0. The van der Waals surface area contributed by atoms with E-state index < -0.39 is 97.9 Å². The Morgan fingerprint density at radius 1 is 0.639 bits per heavy atom. The summed E-state index contributed by atoms with van der Waals surface area (Å²) in [7, 11) is 0. The van der Waals surface area contributed by atoms with E-state index in [4.69, 9.17) is 21.1 Å². The molecule has 36 heavy (non-hydrogen) atoms. The first-order chi connectivity index (χ1) is 16.7. The fourth-order valence-electron chi connectivity index (χ4n) is 2.92. The van der Waals surface area contributed by atoms with Gasteiger partial charge in [0, 0.05) is 19.3 Å². The minimum absolute atomic E-state index is 0.263. The van der Waals surface area contributed by atoms with Crippen LogP contribution in [-0.2, 0) is 33.6 Å². The number of carboxylic acids is 4. The summed E-state index contributed by atoms with van der Waals surface area (Å²) in [6, 6.07) is -5.65. The lowest BCUT2D eigenvalue weighted by atomic mass is 9.98. The number of carbonyl (C=O) groups excluding carboxylic acids is 3. The van der Waals surface area contributed by atoms with E-state index in [9.17, 15) is 38.7 Å². The third kappa shape index (κ3) is 12.6. The van der Waals surface area contributed by atoms with E-state index in [2.05, 4.69) is 16.0 Å². The van der Waals surface area contributed by atoms with Crippen LogP contribution in [0, 0.1) is 5.92 Å². The minimum Gasteiger partial charge on any atom is -0.481 e. The zero-order valence-electron chi connectivity index (χ0n) is 20.1. The maximum atomic E-state index is 12.9. The molecule has 0 heterocycles. The van der Waals surface area contributed by atoms with E-state index in [0.717, 1.165) is 0 Å². The molecule has 0 aromatic rings. The zero-order chi connectivity index (χ0) is 28.0. The highest BCUT2D eigenvalue weighted by Crippen LogP contribution is 2.08. The number of hydrogen-bond acceptors (Lipinski definition) is 8. The Bertz CT molecular complexity index is 833. The highest BCUT2D eigenvalue weighted by atomic mass is 16.4. The molecule has 0 radical (unpaired) electrons. The number of nitrogens with one attached hydrogen (secondary N) is 3. The topological polar surface area (TPSA) is 263 Å². The van der Waals surface area contributed by atoms with Gasteiger partial charge in [0.15, 0.2) is 0 Å². The van der Waals surface area contributed by atoms with Gasteiger partial charge in [-0.3, -0.25) is 28.8 Å². The molecule has 0 aliphatic heterocycles. The quantitative estimate of drug-likeness (QED) is 0.103. The molecule has 0 aromatic carbocycles. The number of aliphatic carboxylic acids is 4. The number of rotatable bonds is 18. The lowest BCUT2D eigenvalue weighted by Gasteiger charge is -2.25. The zero-order valence-corrected chi connectivity index (χ0v) is 20.1. The first kappa shape index (κ1) is 32.2. The second-order valence-corrected chi connectivity index (χ2v) is 8.23. The molecule has 0 aliphatic rings. The third-order valence-corrected chi connectivity index (χ3v) is 5.38. The summed E-state index contributed by atoms with van der Waals surface area (Å²) in [4.78, 5) is 82.1. The minimum atomic E-state index is -1.63. The molecule has 0 spiro atoms. The molecule has 0 aliphatic carbocycles. The van der Waals surface area contributed by atoms with Gasteiger partial charge in [-0.05, 0) is 25.2 Å². The summed E-state index contributed by atoms with van der Waals surface area (Å²) in [5.41, 5.74) is 5.85. The van der Waals surface area contributed by atoms with Gasteiger partial charge in [0.05, 0.1) is 6.04 Å². The molecule has 0 fully saturated rings. The van der Waals surface area contributed by atoms with Crippen LogP contribution in [0.25, 0.3) is 0 Å². The number of amides is 3. The Morgan fingerprint density at radius 3 is 1.31 bits per heavy atom. The van der Waals surface area contributed by atoms with Crippen LogP contribution in [0.3, 0.4) is 0 Å². The number of hydrogen-bond donors (Lipinski definition) is 8. The van der Waals surface area contributed by atoms with Crippen molar-refractivity contribution in [3.05, 3.63) is 0 Å². The van der Waals surface area contributed by atoms with Crippen LogP contribution in [0.15, 0.2) is 0 Å². The van der Waals surface area contributed by atoms with Gasteiger partial charge >= 0.3 is 23.9 Å². The van der Waals surface area contributed by atoms with Crippen molar-refractivity contribution < 1.29 is 54.0 Å². The Kier molecular flexibility index (Phi) is 14.4. The van der Waals surface area contributed by atoms with Crippen molar-refractivity contribution in [2.75, 3.05) is 0 Å². The first-order valence-corrected chi connectivity index (χ1v) is 11.2. The predicted molar refractivity (Wildman–Crippen MR) is 121 cm³/mol. The first-order valence-electron chi connectivity index (χ1n) is 11.2. The van der Waals surface area contributed by atoms with Crippen LogP contribution in [0.2, 0.25) is 0 Å².